The maximum Gasteiger partial charge on any atom is 0.489 e. The Kier molecular flexibility index (Phi) is 4.87. The van der Waals surface area contributed by atoms with Gasteiger partial charge in [-0.15, -0.1) is 0 Å². The van der Waals surface area contributed by atoms with E-state index in [0.717, 1.165) is 28.0 Å². The number of hydrogen-bond acceptors (Lipinski definition) is 2. The Bertz CT molecular complexity index is 1450. The molecule has 0 fully saturated rings. The van der Waals surface area contributed by atoms with E-state index in [1.807, 2.05) is 42.5 Å². The first-order chi connectivity index (χ1) is 16.2. The molecule has 0 heterocycles. The first kappa shape index (κ1) is 20.0. The summed E-state index contributed by atoms with van der Waals surface area (Å²) in [5, 5.41) is 24.3. The molecule has 2 aliphatic carbocycles. The van der Waals surface area contributed by atoms with E-state index >= 15 is 0 Å². The lowest BCUT2D eigenvalue weighted by Crippen LogP contribution is -2.31. The standard InChI is InChI=1S/C30H23BO2/c32-31(33)30-27-12-6-4-10-25(27)29(26-11-5-7-13-28(26)30)24-17-16-22-18-21(14-15-23(22)19-24)20-8-2-1-3-9-20/h1-18,23,32-33H,19H2. The molecular weight excluding hydrogens is 403 g/mol. The Hall–Kier alpha value is -3.66. The van der Waals surface area contributed by atoms with Gasteiger partial charge in [0.15, 0.2) is 0 Å². The van der Waals surface area contributed by atoms with Gasteiger partial charge in [0.25, 0.3) is 0 Å². The molecule has 2 aliphatic rings. The molecule has 0 saturated heterocycles. The van der Waals surface area contributed by atoms with E-state index in [1.54, 1.807) is 0 Å². The van der Waals surface area contributed by atoms with Crippen molar-refractivity contribution in [1.82, 2.24) is 0 Å². The molecule has 6 rings (SSSR count). The van der Waals surface area contributed by atoms with Crippen molar-refractivity contribution < 1.29 is 10.0 Å². The summed E-state index contributed by atoms with van der Waals surface area (Å²) in [6.45, 7) is 0. The van der Waals surface area contributed by atoms with Gasteiger partial charge in [-0.1, -0.05) is 109 Å². The van der Waals surface area contributed by atoms with Crippen LogP contribution < -0.4 is 5.46 Å². The van der Waals surface area contributed by atoms with Gasteiger partial charge in [0.1, 0.15) is 0 Å². The fourth-order valence-corrected chi connectivity index (χ4v) is 5.31. The summed E-state index contributed by atoms with van der Waals surface area (Å²) >= 11 is 0. The zero-order valence-electron chi connectivity index (χ0n) is 18.1. The molecule has 1 atom stereocenters. The first-order valence-electron chi connectivity index (χ1n) is 11.4. The second kappa shape index (κ2) is 8.04. The third-order valence-corrected chi connectivity index (χ3v) is 6.83. The van der Waals surface area contributed by atoms with E-state index in [2.05, 4.69) is 66.8 Å². The molecule has 0 spiro atoms. The van der Waals surface area contributed by atoms with Gasteiger partial charge in [0, 0.05) is 5.92 Å². The van der Waals surface area contributed by atoms with Gasteiger partial charge in [-0.2, -0.15) is 0 Å². The van der Waals surface area contributed by atoms with Crippen molar-refractivity contribution in [3.05, 3.63) is 126 Å². The molecule has 3 heteroatoms. The number of fused-ring (bicyclic) bond motifs is 3. The second-order valence-electron chi connectivity index (χ2n) is 8.75. The predicted molar refractivity (Wildman–Crippen MR) is 139 cm³/mol. The van der Waals surface area contributed by atoms with Gasteiger partial charge < -0.3 is 10.0 Å². The van der Waals surface area contributed by atoms with Crippen molar-refractivity contribution in [2.75, 3.05) is 0 Å². The van der Waals surface area contributed by atoms with E-state index in [-0.39, 0.29) is 0 Å². The summed E-state index contributed by atoms with van der Waals surface area (Å²) in [7, 11) is -1.52. The van der Waals surface area contributed by atoms with Crippen molar-refractivity contribution >= 4 is 45.3 Å². The molecule has 4 aromatic carbocycles. The maximum atomic E-state index is 10.2. The molecule has 2 nitrogen and oxygen atoms in total. The largest absolute Gasteiger partial charge is 0.489 e. The monoisotopic (exact) mass is 426 g/mol. The average molecular weight is 426 g/mol. The van der Waals surface area contributed by atoms with Gasteiger partial charge in [-0.3, -0.25) is 0 Å². The Morgan fingerprint density at radius 1 is 0.697 bits per heavy atom. The molecule has 0 amide bonds. The van der Waals surface area contributed by atoms with Crippen LogP contribution in [0, 0.1) is 5.92 Å². The van der Waals surface area contributed by atoms with E-state index < -0.39 is 7.12 Å². The minimum Gasteiger partial charge on any atom is -0.423 e. The normalized spacial score (nSPS) is 17.4. The van der Waals surface area contributed by atoms with Crippen molar-refractivity contribution in [2.45, 2.75) is 6.42 Å². The fourth-order valence-electron chi connectivity index (χ4n) is 5.31. The summed E-state index contributed by atoms with van der Waals surface area (Å²) < 4.78 is 0. The summed E-state index contributed by atoms with van der Waals surface area (Å²) in [5.41, 5.74) is 6.84. The van der Waals surface area contributed by atoms with Crippen LogP contribution in [-0.4, -0.2) is 17.2 Å². The lowest BCUT2D eigenvalue weighted by Gasteiger charge is -2.26. The highest BCUT2D eigenvalue weighted by Crippen LogP contribution is 2.41. The van der Waals surface area contributed by atoms with Crippen LogP contribution in [0.2, 0.25) is 0 Å². The van der Waals surface area contributed by atoms with Crippen molar-refractivity contribution in [3.8, 4) is 0 Å². The Morgan fingerprint density at radius 3 is 1.94 bits per heavy atom. The highest BCUT2D eigenvalue weighted by molar-refractivity contribution is 6.65. The molecule has 0 aromatic heterocycles. The van der Waals surface area contributed by atoms with E-state index in [4.69, 9.17) is 0 Å². The highest BCUT2D eigenvalue weighted by atomic mass is 16.4. The van der Waals surface area contributed by atoms with E-state index in [1.165, 1.54) is 27.8 Å². The quantitative estimate of drug-likeness (QED) is 0.328. The summed E-state index contributed by atoms with van der Waals surface area (Å²) in [4.78, 5) is 0. The lowest BCUT2D eigenvalue weighted by molar-refractivity contribution is 0.426. The lowest BCUT2D eigenvalue weighted by atomic mass is 9.71. The predicted octanol–water partition coefficient (Wildman–Crippen LogP) is 5.66. The molecule has 2 N–H and O–H groups in total. The van der Waals surface area contributed by atoms with Crippen LogP contribution in [0.4, 0.5) is 0 Å². The summed E-state index contributed by atoms with van der Waals surface area (Å²) in [6.07, 6.45) is 12.3. The second-order valence-corrected chi connectivity index (χ2v) is 8.75. The topological polar surface area (TPSA) is 40.5 Å². The van der Waals surface area contributed by atoms with Gasteiger partial charge in [0.2, 0.25) is 0 Å². The van der Waals surface area contributed by atoms with Crippen molar-refractivity contribution in [2.24, 2.45) is 5.92 Å². The maximum absolute atomic E-state index is 10.2. The first-order valence-corrected chi connectivity index (χ1v) is 11.4. The van der Waals surface area contributed by atoms with Crippen LogP contribution in [0.3, 0.4) is 0 Å². The summed E-state index contributed by atoms with van der Waals surface area (Å²) in [5.74, 6) is 0.332. The van der Waals surface area contributed by atoms with E-state index in [9.17, 15) is 10.0 Å². The SMILES string of the molecule is OB(O)c1c2ccccc2c(C2=CC=C3C=C(c4ccccc4)C=CC3C2)c2ccccc12. The molecular formula is C30H23BO2. The van der Waals surface area contributed by atoms with Gasteiger partial charge in [0.05, 0.1) is 0 Å². The third kappa shape index (κ3) is 3.38. The Labute approximate surface area is 193 Å². The average Bonchev–Trinajstić information content (AvgIpc) is 2.87. The number of benzene rings is 4. The zero-order valence-corrected chi connectivity index (χ0v) is 18.1. The fraction of sp³-hybridized carbons (Fsp3) is 0.0667. The molecule has 0 bridgehead atoms. The molecule has 0 saturated carbocycles. The number of allylic oxidation sites excluding steroid dienone is 8. The Morgan fingerprint density at radius 2 is 1.30 bits per heavy atom. The van der Waals surface area contributed by atoms with Crippen molar-refractivity contribution in [1.29, 1.82) is 0 Å². The van der Waals surface area contributed by atoms with Crippen molar-refractivity contribution in [3.63, 3.8) is 0 Å². The summed E-state index contributed by atoms with van der Waals surface area (Å²) in [6, 6.07) is 26.6. The molecule has 0 aliphatic heterocycles. The van der Waals surface area contributed by atoms with Crippen LogP contribution in [0.15, 0.2) is 115 Å². The van der Waals surface area contributed by atoms with Gasteiger partial charge in [-0.05, 0) is 61.3 Å². The highest BCUT2D eigenvalue weighted by Gasteiger charge is 2.25. The van der Waals surface area contributed by atoms with Gasteiger partial charge in [-0.25, -0.2) is 0 Å². The molecule has 4 aromatic rings. The molecule has 33 heavy (non-hydrogen) atoms. The van der Waals surface area contributed by atoms with E-state index in [0.29, 0.717) is 11.4 Å². The van der Waals surface area contributed by atoms with Crippen LogP contribution in [-0.2, 0) is 0 Å². The van der Waals surface area contributed by atoms with Gasteiger partial charge >= 0.3 is 7.12 Å². The minimum atomic E-state index is -1.52. The molecule has 0 radical (unpaired) electrons. The smallest absolute Gasteiger partial charge is 0.423 e. The minimum absolute atomic E-state index is 0.332. The van der Waals surface area contributed by atoms with Crippen LogP contribution in [0.1, 0.15) is 17.5 Å². The Balaban J connectivity index is 1.53. The van der Waals surface area contributed by atoms with Crippen LogP contribution in [0.5, 0.6) is 0 Å². The zero-order chi connectivity index (χ0) is 22.4. The molecule has 158 valence electrons. The van der Waals surface area contributed by atoms with Crippen LogP contribution in [0.25, 0.3) is 32.7 Å². The number of rotatable bonds is 3. The third-order valence-electron chi connectivity index (χ3n) is 6.83. The van der Waals surface area contributed by atoms with Crippen LogP contribution >= 0.6 is 0 Å². The molecule has 1 unspecified atom stereocenters. The number of hydrogen-bond donors (Lipinski definition) is 2.